The molecule has 1 aromatic carbocycles. The second kappa shape index (κ2) is 8.13. The second-order valence-electron chi connectivity index (χ2n) is 5.60. The number of carbonyl (C=O) groups excluding carboxylic acids is 2. The van der Waals surface area contributed by atoms with Gasteiger partial charge >= 0.3 is 5.97 Å². The number of hydrogen-bond donors (Lipinski definition) is 2. The van der Waals surface area contributed by atoms with Crippen LogP contribution >= 0.6 is 0 Å². The zero-order valence-corrected chi connectivity index (χ0v) is 14.9. The number of ether oxygens (including phenoxy) is 1. The van der Waals surface area contributed by atoms with Crippen molar-refractivity contribution in [2.24, 2.45) is 0 Å². The Kier molecular flexibility index (Phi) is 5.46. The van der Waals surface area contributed by atoms with Crippen molar-refractivity contribution in [1.82, 2.24) is 10.1 Å². The van der Waals surface area contributed by atoms with Crippen LogP contribution in [0, 0.1) is 6.92 Å². The van der Waals surface area contributed by atoms with Gasteiger partial charge in [0, 0.05) is 18.0 Å². The summed E-state index contributed by atoms with van der Waals surface area (Å²) in [7, 11) is 0. The molecule has 2 aromatic heterocycles. The number of carbonyl (C=O) groups is 2. The van der Waals surface area contributed by atoms with Crippen molar-refractivity contribution >= 4 is 29.1 Å². The van der Waals surface area contributed by atoms with Gasteiger partial charge in [0.25, 0.3) is 5.91 Å². The van der Waals surface area contributed by atoms with Crippen LogP contribution < -0.4 is 10.6 Å². The molecule has 2 heterocycles. The van der Waals surface area contributed by atoms with Crippen LogP contribution in [0.2, 0.25) is 0 Å². The summed E-state index contributed by atoms with van der Waals surface area (Å²) in [6, 6.07) is 11.8. The molecule has 8 heteroatoms. The monoisotopic (exact) mass is 366 g/mol. The first-order valence-corrected chi connectivity index (χ1v) is 8.30. The average Bonchev–Trinajstić information content (AvgIpc) is 3.07. The van der Waals surface area contributed by atoms with Gasteiger partial charge in [0.1, 0.15) is 11.5 Å². The first-order valence-electron chi connectivity index (χ1n) is 8.30. The van der Waals surface area contributed by atoms with E-state index in [0.717, 1.165) is 0 Å². The Morgan fingerprint density at radius 3 is 2.74 bits per heavy atom. The highest BCUT2D eigenvalue weighted by molar-refractivity contribution is 6.03. The number of rotatable bonds is 6. The van der Waals surface area contributed by atoms with Crippen molar-refractivity contribution in [1.29, 1.82) is 0 Å². The number of aromatic nitrogens is 2. The van der Waals surface area contributed by atoms with Crippen molar-refractivity contribution in [3.8, 4) is 0 Å². The summed E-state index contributed by atoms with van der Waals surface area (Å²) in [5, 5.41) is 9.45. The summed E-state index contributed by atoms with van der Waals surface area (Å²) in [6.07, 6.45) is 1.50. The molecule has 3 aromatic rings. The largest absolute Gasteiger partial charge is 0.462 e. The molecule has 0 aliphatic heterocycles. The lowest BCUT2D eigenvalue weighted by Gasteiger charge is -2.12. The van der Waals surface area contributed by atoms with Crippen molar-refractivity contribution in [2.75, 3.05) is 17.2 Å². The standard InChI is InChI=1S/C19H18N4O4/c1-3-26-19(25)14-6-4-5-7-15(14)21-13-8-9-20-16(11-13)18(24)22-17-10-12(2)27-23-17/h4-11H,3H2,1-2H3,(H,20,21)(H,22,23,24). The molecule has 0 atom stereocenters. The van der Waals surface area contributed by atoms with Gasteiger partial charge in [0.2, 0.25) is 0 Å². The third-order valence-electron chi connectivity index (χ3n) is 3.56. The quantitative estimate of drug-likeness (QED) is 0.643. The van der Waals surface area contributed by atoms with E-state index in [1.54, 1.807) is 56.3 Å². The van der Waals surface area contributed by atoms with Crippen LogP contribution in [0.25, 0.3) is 0 Å². The molecule has 3 rings (SSSR count). The van der Waals surface area contributed by atoms with Crippen LogP contribution in [-0.4, -0.2) is 28.6 Å². The molecule has 0 fully saturated rings. The van der Waals surface area contributed by atoms with E-state index in [4.69, 9.17) is 9.26 Å². The van der Waals surface area contributed by atoms with E-state index in [0.29, 0.717) is 28.5 Å². The minimum absolute atomic E-state index is 0.189. The van der Waals surface area contributed by atoms with E-state index in [2.05, 4.69) is 20.8 Å². The summed E-state index contributed by atoms with van der Waals surface area (Å²) in [6.45, 7) is 3.76. The van der Waals surface area contributed by atoms with E-state index in [1.807, 2.05) is 0 Å². The number of pyridine rings is 1. The Morgan fingerprint density at radius 2 is 2.00 bits per heavy atom. The van der Waals surface area contributed by atoms with Gasteiger partial charge in [0.15, 0.2) is 5.82 Å². The second-order valence-corrected chi connectivity index (χ2v) is 5.60. The smallest absolute Gasteiger partial charge is 0.340 e. The van der Waals surface area contributed by atoms with Gasteiger partial charge in [-0.05, 0) is 38.1 Å². The Bertz CT molecular complexity index is 968. The molecule has 0 bridgehead atoms. The van der Waals surface area contributed by atoms with E-state index in [9.17, 15) is 9.59 Å². The Balaban J connectivity index is 1.78. The Hall–Kier alpha value is -3.68. The number of anilines is 3. The van der Waals surface area contributed by atoms with Crippen LogP contribution in [-0.2, 0) is 4.74 Å². The highest BCUT2D eigenvalue weighted by atomic mass is 16.5. The SMILES string of the molecule is CCOC(=O)c1ccccc1Nc1ccnc(C(=O)Nc2cc(C)on2)c1. The zero-order chi connectivity index (χ0) is 19.2. The Labute approximate surface area is 155 Å². The van der Waals surface area contributed by atoms with Crippen LogP contribution in [0.3, 0.4) is 0 Å². The number of esters is 1. The first-order chi connectivity index (χ1) is 13.1. The molecule has 0 saturated carbocycles. The minimum atomic E-state index is -0.425. The maximum atomic E-state index is 12.3. The minimum Gasteiger partial charge on any atom is -0.462 e. The topological polar surface area (TPSA) is 106 Å². The van der Waals surface area contributed by atoms with Crippen LogP contribution in [0.4, 0.5) is 17.2 Å². The predicted molar refractivity (Wildman–Crippen MR) is 99.1 cm³/mol. The third-order valence-corrected chi connectivity index (χ3v) is 3.56. The lowest BCUT2D eigenvalue weighted by atomic mass is 10.1. The molecule has 0 unspecified atom stereocenters. The average molecular weight is 366 g/mol. The van der Waals surface area contributed by atoms with E-state index in [-0.39, 0.29) is 12.3 Å². The number of hydrogen-bond acceptors (Lipinski definition) is 7. The van der Waals surface area contributed by atoms with E-state index in [1.165, 1.54) is 6.20 Å². The number of nitrogens with one attached hydrogen (secondary N) is 2. The maximum Gasteiger partial charge on any atom is 0.340 e. The number of para-hydroxylation sites is 1. The maximum absolute atomic E-state index is 12.3. The lowest BCUT2D eigenvalue weighted by Crippen LogP contribution is -2.14. The molecule has 0 radical (unpaired) electrons. The van der Waals surface area contributed by atoms with E-state index < -0.39 is 11.9 Å². The highest BCUT2D eigenvalue weighted by Gasteiger charge is 2.14. The van der Waals surface area contributed by atoms with Crippen molar-refractivity contribution in [2.45, 2.75) is 13.8 Å². The van der Waals surface area contributed by atoms with Gasteiger partial charge in [-0.25, -0.2) is 4.79 Å². The van der Waals surface area contributed by atoms with Crippen molar-refractivity contribution < 1.29 is 18.8 Å². The van der Waals surface area contributed by atoms with Gasteiger partial charge in [-0.3, -0.25) is 9.78 Å². The highest BCUT2D eigenvalue weighted by Crippen LogP contribution is 2.22. The van der Waals surface area contributed by atoms with Crippen LogP contribution in [0.5, 0.6) is 0 Å². The van der Waals surface area contributed by atoms with Gasteiger partial charge < -0.3 is 19.9 Å². The molecule has 0 aliphatic rings. The summed E-state index contributed by atoms with van der Waals surface area (Å²) in [5.74, 6) is 0.0502. The molecule has 0 saturated heterocycles. The molecule has 0 aliphatic carbocycles. The van der Waals surface area contributed by atoms with Crippen molar-refractivity contribution in [3.05, 3.63) is 65.7 Å². The van der Waals surface area contributed by atoms with Gasteiger partial charge in [0.05, 0.1) is 17.9 Å². The molecule has 138 valence electrons. The number of amides is 1. The molecule has 27 heavy (non-hydrogen) atoms. The molecule has 1 amide bonds. The van der Waals surface area contributed by atoms with Crippen molar-refractivity contribution in [3.63, 3.8) is 0 Å². The van der Waals surface area contributed by atoms with Gasteiger partial charge in [-0.2, -0.15) is 0 Å². The normalized spacial score (nSPS) is 10.3. The first kappa shape index (κ1) is 18.1. The summed E-state index contributed by atoms with van der Waals surface area (Å²) in [4.78, 5) is 28.5. The molecule has 8 nitrogen and oxygen atoms in total. The summed E-state index contributed by atoms with van der Waals surface area (Å²) < 4.78 is 9.98. The molecular weight excluding hydrogens is 348 g/mol. The lowest BCUT2D eigenvalue weighted by molar-refractivity contribution is 0.0527. The fraction of sp³-hybridized carbons (Fsp3) is 0.158. The summed E-state index contributed by atoms with van der Waals surface area (Å²) in [5.41, 5.74) is 1.76. The van der Waals surface area contributed by atoms with E-state index >= 15 is 0 Å². The van der Waals surface area contributed by atoms with Gasteiger partial charge in [-0.1, -0.05) is 17.3 Å². The molecule has 2 N–H and O–H groups in total. The number of aryl methyl sites for hydroxylation is 1. The number of nitrogens with zero attached hydrogens (tertiary/aromatic N) is 2. The molecule has 0 spiro atoms. The van der Waals surface area contributed by atoms with Crippen LogP contribution in [0.15, 0.2) is 53.2 Å². The number of benzene rings is 1. The zero-order valence-electron chi connectivity index (χ0n) is 14.9. The third kappa shape index (κ3) is 4.49. The Morgan fingerprint density at radius 1 is 1.19 bits per heavy atom. The fourth-order valence-corrected chi connectivity index (χ4v) is 2.37. The predicted octanol–water partition coefficient (Wildman–Crippen LogP) is 3.55. The van der Waals surface area contributed by atoms with Crippen LogP contribution in [0.1, 0.15) is 33.5 Å². The summed E-state index contributed by atoms with van der Waals surface area (Å²) >= 11 is 0. The van der Waals surface area contributed by atoms with Gasteiger partial charge in [-0.15, -0.1) is 0 Å². The fourth-order valence-electron chi connectivity index (χ4n) is 2.37. The molecular formula is C19H18N4O4.